The minimum absolute atomic E-state index is 0.0714. The predicted molar refractivity (Wildman–Crippen MR) is 103 cm³/mol. The quantitative estimate of drug-likeness (QED) is 0.663. The number of nitrogens with one attached hydrogen (secondary N) is 2. The number of hydrogen-bond acceptors (Lipinski definition) is 5. The van der Waals surface area contributed by atoms with Crippen LogP contribution < -0.4 is 10.6 Å². The van der Waals surface area contributed by atoms with E-state index in [0.717, 1.165) is 32.1 Å². The predicted octanol–water partition coefficient (Wildman–Crippen LogP) is 5.14. The Morgan fingerprint density at radius 2 is 1.72 bits per heavy atom. The summed E-state index contributed by atoms with van der Waals surface area (Å²) in [5, 5.41) is 4.62. The van der Waals surface area contributed by atoms with Crippen LogP contribution in [0.3, 0.4) is 0 Å². The van der Waals surface area contributed by atoms with E-state index >= 15 is 0 Å². The Morgan fingerprint density at radius 3 is 2.34 bits per heavy atom. The van der Waals surface area contributed by atoms with Crippen molar-refractivity contribution in [3.05, 3.63) is 39.9 Å². The lowest BCUT2D eigenvalue weighted by Crippen LogP contribution is -2.32. The van der Waals surface area contributed by atoms with Gasteiger partial charge in [0.1, 0.15) is 0 Å². The lowest BCUT2D eigenvalue weighted by Gasteiger charge is -2.22. The van der Waals surface area contributed by atoms with Gasteiger partial charge in [-0.25, -0.2) is 0 Å². The summed E-state index contributed by atoms with van der Waals surface area (Å²) >= 11 is 11.4. The maximum absolute atomic E-state index is 13.8. The van der Waals surface area contributed by atoms with E-state index in [4.69, 9.17) is 23.2 Å². The van der Waals surface area contributed by atoms with Crippen LogP contribution in [0.25, 0.3) is 0 Å². The molecule has 1 amide bonds. The van der Waals surface area contributed by atoms with Crippen LogP contribution in [0.1, 0.15) is 43.2 Å². The SMILES string of the molecule is O=C(NCc1cccc(Nc2nc(Cl)nc(Cl)n2)c1C(F)(F)F)C1CCCCC1. The molecule has 1 aliphatic rings. The van der Waals surface area contributed by atoms with E-state index in [1.54, 1.807) is 0 Å². The number of carbonyl (C=O) groups is 1. The van der Waals surface area contributed by atoms with Crippen LogP contribution in [0.5, 0.6) is 0 Å². The van der Waals surface area contributed by atoms with Crippen molar-refractivity contribution in [1.29, 1.82) is 0 Å². The largest absolute Gasteiger partial charge is 0.418 e. The van der Waals surface area contributed by atoms with Gasteiger partial charge in [0.25, 0.3) is 0 Å². The third-order valence-corrected chi connectivity index (χ3v) is 5.03. The molecule has 2 aromatic rings. The van der Waals surface area contributed by atoms with E-state index in [2.05, 4.69) is 25.6 Å². The molecule has 1 aromatic carbocycles. The molecule has 29 heavy (non-hydrogen) atoms. The smallest absolute Gasteiger partial charge is 0.352 e. The van der Waals surface area contributed by atoms with Gasteiger partial charge in [-0.05, 0) is 47.7 Å². The van der Waals surface area contributed by atoms with Gasteiger partial charge in [0.2, 0.25) is 22.4 Å². The molecule has 1 aromatic heterocycles. The van der Waals surface area contributed by atoms with Crippen LogP contribution in [0, 0.1) is 5.92 Å². The van der Waals surface area contributed by atoms with Gasteiger partial charge in [0.15, 0.2) is 0 Å². The van der Waals surface area contributed by atoms with E-state index in [1.165, 1.54) is 18.2 Å². The summed E-state index contributed by atoms with van der Waals surface area (Å²) in [6.45, 7) is -0.238. The fraction of sp³-hybridized carbons (Fsp3) is 0.444. The van der Waals surface area contributed by atoms with Gasteiger partial charge < -0.3 is 10.6 Å². The molecule has 1 fully saturated rings. The molecule has 2 N–H and O–H groups in total. The summed E-state index contributed by atoms with van der Waals surface area (Å²) in [6, 6.07) is 4.01. The summed E-state index contributed by atoms with van der Waals surface area (Å²) < 4.78 is 41.4. The fourth-order valence-corrected chi connectivity index (χ4v) is 3.74. The van der Waals surface area contributed by atoms with E-state index in [-0.39, 0.29) is 46.1 Å². The number of aromatic nitrogens is 3. The Bertz CT molecular complexity index is 868. The monoisotopic (exact) mass is 447 g/mol. The third-order valence-electron chi connectivity index (χ3n) is 4.69. The zero-order valence-electron chi connectivity index (χ0n) is 15.2. The summed E-state index contributed by atoms with van der Waals surface area (Å²) in [6.07, 6.45) is -0.137. The zero-order chi connectivity index (χ0) is 21.0. The van der Waals surface area contributed by atoms with Gasteiger partial charge in [-0.2, -0.15) is 28.1 Å². The second-order valence-corrected chi connectivity index (χ2v) is 7.39. The van der Waals surface area contributed by atoms with Crippen molar-refractivity contribution in [3.63, 3.8) is 0 Å². The average molecular weight is 448 g/mol. The fourth-order valence-electron chi connectivity index (χ4n) is 3.38. The van der Waals surface area contributed by atoms with Gasteiger partial charge in [0.05, 0.1) is 11.3 Å². The first-order valence-electron chi connectivity index (χ1n) is 9.05. The molecule has 0 spiro atoms. The second kappa shape index (κ2) is 9.13. The Kier molecular flexibility index (Phi) is 6.79. The molecule has 1 aliphatic carbocycles. The van der Waals surface area contributed by atoms with Gasteiger partial charge in [-0.3, -0.25) is 4.79 Å². The molecular formula is C18H18Cl2F3N5O. The Morgan fingerprint density at radius 1 is 1.07 bits per heavy atom. The number of benzene rings is 1. The first-order chi connectivity index (χ1) is 13.7. The van der Waals surface area contributed by atoms with Crippen LogP contribution in [0.15, 0.2) is 18.2 Å². The van der Waals surface area contributed by atoms with Crippen LogP contribution in [0.2, 0.25) is 10.6 Å². The van der Waals surface area contributed by atoms with Crippen molar-refractivity contribution in [1.82, 2.24) is 20.3 Å². The Hall–Kier alpha value is -2.13. The van der Waals surface area contributed by atoms with E-state index in [0.29, 0.717) is 0 Å². The summed E-state index contributed by atoms with van der Waals surface area (Å²) in [5.74, 6) is -0.579. The zero-order valence-corrected chi connectivity index (χ0v) is 16.7. The van der Waals surface area contributed by atoms with Crippen molar-refractivity contribution >= 4 is 40.7 Å². The van der Waals surface area contributed by atoms with Crippen molar-refractivity contribution < 1.29 is 18.0 Å². The topological polar surface area (TPSA) is 79.8 Å². The average Bonchev–Trinajstić information content (AvgIpc) is 2.65. The van der Waals surface area contributed by atoms with Crippen LogP contribution in [0.4, 0.5) is 24.8 Å². The molecule has 0 aliphatic heterocycles. The molecule has 0 bridgehead atoms. The van der Waals surface area contributed by atoms with Crippen molar-refractivity contribution in [2.75, 3.05) is 5.32 Å². The standard InChI is InChI=1S/C18H18Cl2F3N5O/c19-15-26-16(20)28-17(27-15)25-12-8-4-7-11(13(12)18(21,22)23)9-24-14(29)10-5-2-1-3-6-10/h4,7-8,10H,1-3,5-6,9H2,(H,24,29)(H,25,26,27,28). The highest BCUT2D eigenvalue weighted by atomic mass is 35.5. The highest BCUT2D eigenvalue weighted by molar-refractivity contribution is 6.31. The number of rotatable bonds is 5. The van der Waals surface area contributed by atoms with Crippen LogP contribution in [-0.4, -0.2) is 20.9 Å². The van der Waals surface area contributed by atoms with Gasteiger partial charge in [-0.15, -0.1) is 0 Å². The first kappa shape index (κ1) is 21.6. The maximum atomic E-state index is 13.8. The van der Waals surface area contributed by atoms with Crippen molar-refractivity contribution in [3.8, 4) is 0 Å². The Balaban J connectivity index is 1.83. The van der Waals surface area contributed by atoms with E-state index in [9.17, 15) is 18.0 Å². The number of hydrogen-bond donors (Lipinski definition) is 2. The van der Waals surface area contributed by atoms with Crippen LogP contribution >= 0.6 is 23.2 Å². The highest BCUT2D eigenvalue weighted by Gasteiger charge is 2.36. The molecular weight excluding hydrogens is 430 g/mol. The number of halogens is 5. The van der Waals surface area contributed by atoms with E-state index < -0.39 is 11.7 Å². The molecule has 0 saturated heterocycles. The van der Waals surface area contributed by atoms with Gasteiger partial charge in [0, 0.05) is 12.5 Å². The highest BCUT2D eigenvalue weighted by Crippen LogP contribution is 2.38. The molecule has 0 unspecified atom stereocenters. The first-order valence-corrected chi connectivity index (χ1v) is 9.80. The molecule has 156 valence electrons. The molecule has 0 atom stereocenters. The van der Waals surface area contributed by atoms with Crippen LogP contribution in [-0.2, 0) is 17.5 Å². The number of alkyl halides is 3. The van der Waals surface area contributed by atoms with Crippen molar-refractivity contribution in [2.45, 2.75) is 44.8 Å². The third kappa shape index (κ3) is 5.70. The normalized spacial score (nSPS) is 15.2. The number of carbonyl (C=O) groups excluding carboxylic acids is 1. The maximum Gasteiger partial charge on any atom is 0.418 e. The van der Waals surface area contributed by atoms with Gasteiger partial charge >= 0.3 is 6.18 Å². The second-order valence-electron chi connectivity index (χ2n) is 6.71. The van der Waals surface area contributed by atoms with Crippen molar-refractivity contribution in [2.24, 2.45) is 5.92 Å². The molecule has 3 rings (SSSR count). The Labute approximate surface area is 175 Å². The number of amides is 1. The number of anilines is 2. The minimum atomic E-state index is -4.67. The summed E-state index contributed by atoms with van der Waals surface area (Å²) in [5.41, 5.74) is -1.27. The molecule has 6 nitrogen and oxygen atoms in total. The summed E-state index contributed by atoms with van der Waals surface area (Å²) in [4.78, 5) is 23.3. The van der Waals surface area contributed by atoms with Gasteiger partial charge in [-0.1, -0.05) is 31.4 Å². The lowest BCUT2D eigenvalue weighted by atomic mass is 9.88. The number of nitrogens with zero attached hydrogens (tertiary/aromatic N) is 3. The molecule has 11 heteroatoms. The molecule has 1 heterocycles. The minimum Gasteiger partial charge on any atom is -0.352 e. The van der Waals surface area contributed by atoms with E-state index in [1.807, 2.05) is 0 Å². The lowest BCUT2D eigenvalue weighted by molar-refractivity contribution is -0.138. The summed E-state index contributed by atoms with van der Waals surface area (Å²) in [7, 11) is 0. The molecule has 1 saturated carbocycles. The molecule has 0 radical (unpaired) electrons.